The maximum Gasteiger partial charge on any atom is 0.0645 e. The lowest BCUT2D eigenvalue weighted by molar-refractivity contribution is -0.122. The van der Waals surface area contributed by atoms with Crippen molar-refractivity contribution in [3.8, 4) is 0 Å². The van der Waals surface area contributed by atoms with E-state index < -0.39 is 0 Å². The summed E-state index contributed by atoms with van der Waals surface area (Å²) in [5.74, 6) is 0.397. The molecule has 2 aliphatic rings. The van der Waals surface area contributed by atoms with E-state index in [4.69, 9.17) is 0 Å². The highest BCUT2D eigenvalue weighted by atomic mass is 16.3. The Hall–Kier alpha value is -0.380. The largest absolute Gasteiger partial charge is 0.396 e. The van der Waals surface area contributed by atoms with Gasteiger partial charge in [0.1, 0.15) is 0 Å². The van der Waals surface area contributed by atoms with Gasteiger partial charge in [0.05, 0.1) is 19.3 Å². The Kier molecular flexibility index (Phi) is 3.60. The number of hydrogen-bond acceptors (Lipinski definition) is 3. The van der Waals surface area contributed by atoms with Crippen LogP contribution in [-0.4, -0.2) is 34.6 Å². The second-order valence-electron chi connectivity index (χ2n) is 6.84. The molecule has 3 nitrogen and oxygen atoms in total. The molecule has 0 aliphatic heterocycles. The Morgan fingerprint density at radius 3 is 2.50 bits per heavy atom. The van der Waals surface area contributed by atoms with Crippen LogP contribution >= 0.6 is 0 Å². The van der Waals surface area contributed by atoms with Gasteiger partial charge in [-0.2, -0.15) is 0 Å². The first-order valence-corrected chi connectivity index (χ1v) is 6.96. The zero-order chi connectivity index (χ0) is 13.6. The summed E-state index contributed by atoms with van der Waals surface area (Å²) in [7, 11) is 0. The molecule has 0 bridgehead atoms. The molecule has 0 aromatic rings. The SMILES string of the molecule is CC1(C)[C@H]2CC=C(CO)[C@H](CO)[C@@]2(C)CC[C@@H]1O. The lowest BCUT2D eigenvalue weighted by atomic mass is 9.48. The molecule has 0 spiro atoms. The molecule has 18 heavy (non-hydrogen) atoms. The zero-order valence-corrected chi connectivity index (χ0v) is 11.7. The van der Waals surface area contributed by atoms with Crippen LogP contribution in [0.4, 0.5) is 0 Å². The van der Waals surface area contributed by atoms with E-state index in [2.05, 4.69) is 26.8 Å². The number of fused-ring (bicyclic) bond motifs is 1. The highest BCUT2D eigenvalue weighted by Gasteiger charge is 2.55. The Bertz CT molecular complexity index is 348. The fourth-order valence-electron chi connectivity index (χ4n) is 4.40. The summed E-state index contributed by atoms with van der Waals surface area (Å²) in [6, 6.07) is 0. The maximum absolute atomic E-state index is 10.2. The van der Waals surface area contributed by atoms with E-state index in [0.29, 0.717) is 5.92 Å². The molecule has 0 unspecified atom stereocenters. The molecule has 1 saturated carbocycles. The van der Waals surface area contributed by atoms with Crippen LogP contribution in [0.3, 0.4) is 0 Å². The van der Waals surface area contributed by atoms with Crippen molar-refractivity contribution in [1.82, 2.24) is 0 Å². The lowest BCUT2D eigenvalue weighted by Gasteiger charge is -2.58. The monoisotopic (exact) mass is 254 g/mol. The first kappa shape index (κ1) is 14.0. The topological polar surface area (TPSA) is 60.7 Å². The predicted molar refractivity (Wildman–Crippen MR) is 71.0 cm³/mol. The number of allylic oxidation sites excluding steroid dienone is 1. The fraction of sp³-hybridized carbons (Fsp3) is 0.867. The van der Waals surface area contributed by atoms with Gasteiger partial charge in [0.15, 0.2) is 0 Å². The average molecular weight is 254 g/mol. The van der Waals surface area contributed by atoms with E-state index in [0.717, 1.165) is 24.8 Å². The van der Waals surface area contributed by atoms with Crippen molar-refractivity contribution in [3.63, 3.8) is 0 Å². The van der Waals surface area contributed by atoms with Gasteiger partial charge in [-0.05, 0) is 41.6 Å². The van der Waals surface area contributed by atoms with E-state index in [1.807, 2.05) is 0 Å². The maximum atomic E-state index is 10.2. The van der Waals surface area contributed by atoms with E-state index in [1.165, 1.54) is 0 Å². The molecule has 0 aromatic heterocycles. The fourth-order valence-corrected chi connectivity index (χ4v) is 4.40. The van der Waals surface area contributed by atoms with Crippen molar-refractivity contribution < 1.29 is 15.3 Å². The third-order valence-electron chi connectivity index (χ3n) is 5.73. The second-order valence-corrected chi connectivity index (χ2v) is 6.84. The van der Waals surface area contributed by atoms with Gasteiger partial charge in [0.2, 0.25) is 0 Å². The number of hydrogen-bond donors (Lipinski definition) is 3. The molecule has 0 radical (unpaired) electrons. The van der Waals surface area contributed by atoms with Gasteiger partial charge in [-0.1, -0.05) is 26.8 Å². The van der Waals surface area contributed by atoms with Gasteiger partial charge in [-0.15, -0.1) is 0 Å². The average Bonchev–Trinajstić information content (AvgIpc) is 2.33. The molecular weight excluding hydrogens is 228 g/mol. The van der Waals surface area contributed by atoms with Crippen LogP contribution in [0.15, 0.2) is 11.6 Å². The summed E-state index contributed by atoms with van der Waals surface area (Å²) in [6.07, 6.45) is 4.42. The molecule has 1 fully saturated rings. The normalized spacial score (nSPS) is 43.2. The van der Waals surface area contributed by atoms with Crippen molar-refractivity contribution in [2.75, 3.05) is 13.2 Å². The molecule has 0 aromatic carbocycles. The number of aliphatic hydroxyl groups excluding tert-OH is 3. The van der Waals surface area contributed by atoms with Crippen LogP contribution < -0.4 is 0 Å². The van der Waals surface area contributed by atoms with E-state index in [9.17, 15) is 15.3 Å². The Labute approximate surface area is 110 Å². The van der Waals surface area contributed by atoms with Crippen molar-refractivity contribution >= 4 is 0 Å². The molecule has 104 valence electrons. The molecule has 2 rings (SSSR count). The molecule has 3 heteroatoms. The molecule has 0 saturated heterocycles. The molecule has 3 N–H and O–H groups in total. The van der Waals surface area contributed by atoms with Gasteiger partial charge >= 0.3 is 0 Å². The summed E-state index contributed by atoms with van der Waals surface area (Å²) in [5, 5.41) is 29.4. The molecule has 4 atom stereocenters. The molecule has 0 amide bonds. The quantitative estimate of drug-likeness (QED) is 0.658. The Morgan fingerprint density at radius 1 is 1.28 bits per heavy atom. The van der Waals surface area contributed by atoms with Crippen molar-refractivity contribution in [2.24, 2.45) is 22.7 Å². The van der Waals surface area contributed by atoms with Crippen LogP contribution in [0.25, 0.3) is 0 Å². The minimum absolute atomic E-state index is 0.00963. The van der Waals surface area contributed by atoms with Crippen molar-refractivity contribution in [3.05, 3.63) is 11.6 Å². The predicted octanol–water partition coefficient (Wildman–Crippen LogP) is 1.72. The number of rotatable bonds is 2. The molecule has 0 heterocycles. The summed E-state index contributed by atoms with van der Waals surface area (Å²) < 4.78 is 0. The summed E-state index contributed by atoms with van der Waals surface area (Å²) >= 11 is 0. The van der Waals surface area contributed by atoms with E-state index >= 15 is 0 Å². The molecular formula is C15H26O3. The summed E-state index contributed by atoms with van der Waals surface area (Å²) in [6.45, 7) is 6.61. The standard InChI is InChI=1S/C15H26O3/c1-14(2)12-5-4-10(8-16)11(9-17)15(12,3)7-6-13(14)18/h4,11-13,16-18H,5-9H2,1-3H3/t11-,12+,13-,15+/m0/s1. The highest BCUT2D eigenvalue weighted by Crippen LogP contribution is 2.59. The minimum atomic E-state index is -0.265. The van der Waals surface area contributed by atoms with E-state index in [-0.39, 0.29) is 36.1 Å². The highest BCUT2D eigenvalue weighted by molar-refractivity contribution is 5.21. The van der Waals surface area contributed by atoms with Crippen LogP contribution in [0.2, 0.25) is 0 Å². The smallest absolute Gasteiger partial charge is 0.0645 e. The van der Waals surface area contributed by atoms with Gasteiger partial charge in [0, 0.05) is 5.92 Å². The van der Waals surface area contributed by atoms with Crippen LogP contribution in [0.1, 0.15) is 40.0 Å². The first-order valence-electron chi connectivity index (χ1n) is 6.96. The zero-order valence-electron chi connectivity index (χ0n) is 11.7. The van der Waals surface area contributed by atoms with E-state index in [1.54, 1.807) is 0 Å². The number of aliphatic hydroxyl groups is 3. The van der Waals surface area contributed by atoms with Gasteiger partial charge in [-0.3, -0.25) is 0 Å². The second kappa shape index (κ2) is 4.62. The van der Waals surface area contributed by atoms with Crippen LogP contribution in [0, 0.1) is 22.7 Å². The lowest BCUT2D eigenvalue weighted by Crippen LogP contribution is -2.55. The van der Waals surface area contributed by atoms with Crippen molar-refractivity contribution in [1.29, 1.82) is 0 Å². The van der Waals surface area contributed by atoms with Gasteiger partial charge < -0.3 is 15.3 Å². The van der Waals surface area contributed by atoms with Crippen molar-refractivity contribution in [2.45, 2.75) is 46.1 Å². The third kappa shape index (κ3) is 1.84. The summed E-state index contributed by atoms with van der Waals surface area (Å²) in [4.78, 5) is 0. The third-order valence-corrected chi connectivity index (χ3v) is 5.73. The minimum Gasteiger partial charge on any atom is -0.396 e. The van der Waals surface area contributed by atoms with Crippen LogP contribution in [0.5, 0.6) is 0 Å². The Balaban J connectivity index is 2.41. The first-order chi connectivity index (χ1) is 8.37. The van der Waals surface area contributed by atoms with Gasteiger partial charge in [0.25, 0.3) is 0 Å². The molecule has 2 aliphatic carbocycles. The van der Waals surface area contributed by atoms with Crippen LogP contribution in [-0.2, 0) is 0 Å². The summed E-state index contributed by atoms with van der Waals surface area (Å²) in [5.41, 5.74) is 0.839. The van der Waals surface area contributed by atoms with Gasteiger partial charge in [-0.25, -0.2) is 0 Å². The Morgan fingerprint density at radius 2 is 1.94 bits per heavy atom.